The average Bonchev–Trinajstić information content (AvgIpc) is 2.58. The van der Waals surface area contributed by atoms with Crippen molar-refractivity contribution >= 4 is 44.6 Å². The van der Waals surface area contributed by atoms with E-state index in [9.17, 15) is 22.6 Å². The lowest BCUT2D eigenvalue weighted by atomic mass is 10.2. The first-order valence-electron chi connectivity index (χ1n) is 7.45. The van der Waals surface area contributed by atoms with Crippen molar-refractivity contribution < 1.29 is 32.0 Å². The molecular formula is C17H14IO7S-. The van der Waals surface area contributed by atoms with Crippen LogP contribution in [-0.2, 0) is 19.6 Å². The van der Waals surface area contributed by atoms with Gasteiger partial charge in [0.1, 0.15) is 15.9 Å². The van der Waals surface area contributed by atoms with Crippen LogP contribution in [0.4, 0.5) is 0 Å². The van der Waals surface area contributed by atoms with Crippen LogP contribution in [0.2, 0.25) is 0 Å². The number of ether oxygens (including phenoxy) is 2. The monoisotopic (exact) mass is 489 g/mol. The van der Waals surface area contributed by atoms with E-state index in [1.807, 2.05) is 28.7 Å². The van der Waals surface area contributed by atoms with Gasteiger partial charge < -0.3 is 14.0 Å². The molecule has 0 saturated carbocycles. The lowest BCUT2D eigenvalue weighted by Gasteiger charge is -2.09. The van der Waals surface area contributed by atoms with Gasteiger partial charge in [-0.25, -0.2) is 13.2 Å². The summed E-state index contributed by atoms with van der Waals surface area (Å²) in [7, 11) is -4.54. The van der Waals surface area contributed by atoms with E-state index in [1.54, 1.807) is 18.2 Å². The molecule has 0 atom stereocenters. The first kappa shape index (κ1) is 20.3. The van der Waals surface area contributed by atoms with Gasteiger partial charge in [0, 0.05) is 9.99 Å². The number of carbonyl (C=O) groups excluding carboxylic acids is 2. The molecule has 138 valence electrons. The third kappa shape index (κ3) is 6.07. The minimum Gasteiger partial charge on any atom is -0.744 e. The van der Waals surface area contributed by atoms with E-state index in [2.05, 4.69) is 0 Å². The Labute approximate surface area is 164 Å². The predicted octanol–water partition coefficient (Wildman–Crippen LogP) is 2.74. The minimum absolute atomic E-state index is 0.0147. The van der Waals surface area contributed by atoms with Crippen molar-refractivity contribution in [2.75, 3.05) is 6.61 Å². The van der Waals surface area contributed by atoms with Gasteiger partial charge in [0.25, 0.3) is 0 Å². The smallest absolute Gasteiger partial charge is 0.339 e. The molecule has 2 aromatic rings. The van der Waals surface area contributed by atoms with Crippen LogP contribution in [0.5, 0.6) is 5.75 Å². The zero-order chi connectivity index (χ0) is 19.2. The summed E-state index contributed by atoms with van der Waals surface area (Å²) in [5, 5.41) is 0. The molecule has 26 heavy (non-hydrogen) atoms. The summed E-state index contributed by atoms with van der Waals surface area (Å²) in [5.74, 6) is -0.899. The number of halogens is 1. The van der Waals surface area contributed by atoms with Gasteiger partial charge in [-0.2, -0.15) is 0 Å². The van der Waals surface area contributed by atoms with Crippen LogP contribution < -0.4 is 4.74 Å². The van der Waals surface area contributed by atoms with E-state index in [4.69, 9.17) is 9.47 Å². The molecule has 2 aromatic carbocycles. The second-order valence-electron chi connectivity index (χ2n) is 5.12. The fraction of sp³-hybridized carbons (Fsp3) is 0.176. The quantitative estimate of drug-likeness (QED) is 0.193. The van der Waals surface area contributed by atoms with Crippen LogP contribution in [0, 0.1) is 3.57 Å². The van der Waals surface area contributed by atoms with Crippen molar-refractivity contribution in [2.45, 2.75) is 17.7 Å². The molecular weight excluding hydrogens is 475 g/mol. The molecule has 0 aliphatic rings. The van der Waals surface area contributed by atoms with Crippen LogP contribution >= 0.6 is 22.6 Å². The second-order valence-corrected chi connectivity index (χ2v) is 7.66. The molecule has 9 heteroatoms. The number of hydrogen-bond acceptors (Lipinski definition) is 7. The summed E-state index contributed by atoms with van der Waals surface area (Å²) < 4.78 is 43.3. The van der Waals surface area contributed by atoms with Gasteiger partial charge in [-0.1, -0.05) is 12.1 Å². The van der Waals surface area contributed by atoms with Gasteiger partial charge in [0.05, 0.1) is 17.1 Å². The Bertz CT molecular complexity index is 892. The van der Waals surface area contributed by atoms with Crippen LogP contribution in [0.1, 0.15) is 23.2 Å². The fourth-order valence-electron chi connectivity index (χ4n) is 1.94. The summed E-state index contributed by atoms with van der Waals surface area (Å²) in [6.07, 6.45) is 0.293. The first-order chi connectivity index (χ1) is 12.3. The lowest BCUT2D eigenvalue weighted by Crippen LogP contribution is -2.12. The Morgan fingerprint density at radius 2 is 1.69 bits per heavy atom. The van der Waals surface area contributed by atoms with E-state index < -0.39 is 27.0 Å². The van der Waals surface area contributed by atoms with E-state index in [1.165, 1.54) is 12.1 Å². The highest BCUT2D eigenvalue weighted by molar-refractivity contribution is 14.1. The van der Waals surface area contributed by atoms with Crippen molar-refractivity contribution in [1.82, 2.24) is 0 Å². The van der Waals surface area contributed by atoms with Gasteiger partial charge in [-0.15, -0.1) is 0 Å². The number of hydrogen-bond donors (Lipinski definition) is 0. The van der Waals surface area contributed by atoms with Gasteiger partial charge in [0.15, 0.2) is 0 Å². The maximum atomic E-state index is 11.9. The van der Waals surface area contributed by atoms with Gasteiger partial charge in [-0.05, 0) is 65.4 Å². The zero-order valence-corrected chi connectivity index (χ0v) is 16.4. The predicted molar refractivity (Wildman–Crippen MR) is 98.7 cm³/mol. The highest BCUT2D eigenvalue weighted by atomic mass is 127. The molecule has 2 rings (SSSR count). The summed E-state index contributed by atoms with van der Waals surface area (Å²) in [6.45, 7) is 0.0618. The van der Waals surface area contributed by atoms with Crippen molar-refractivity contribution in [3.05, 3.63) is 57.7 Å². The molecule has 0 aliphatic carbocycles. The maximum absolute atomic E-state index is 11.9. The molecule has 0 N–H and O–H groups in total. The summed E-state index contributed by atoms with van der Waals surface area (Å²) in [4.78, 5) is 23.2. The largest absolute Gasteiger partial charge is 0.744 e. The summed E-state index contributed by atoms with van der Waals surface area (Å²) >= 11 is 2.03. The van der Waals surface area contributed by atoms with E-state index in [0.717, 1.165) is 15.7 Å². The van der Waals surface area contributed by atoms with E-state index in [-0.39, 0.29) is 25.2 Å². The molecule has 0 bridgehead atoms. The SMILES string of the molecule is O=C(CCCOC(=O)c1ccccc1I)Oc1ccc(S(=O)(=O)[O-])cc1. The number of carbonyl (C=O) groups is 2. The van der Waals surface area contributed by atoms with Crippen LogP contribution in [0.3, 0.4) is 0 Å². The molecule has 0 heterocycles. The Balaban J connectivity index is 1.75. The van der Waals surface area contributed by atoms with Crippen molar-refractivity contribution in [3.63, 3.8) is 0 Å². The maximum Gasteiger partial charge on any atom is 0.339 e. The Morgan fingerprint density at radius 1 is 1.04 bits per heavy atom. The zero-order valence-electron chi connectivity index (χ0n) is 13.4. The molecule has 0 unspecified atom stereocenters. The Kier molecular flexibility index (Phi) is 7.12. The number of rotatable bonds is 7. The van der Waals surface area contributed by atoms with Crippen LogP contribution in [0.15, 0.2) is 53.4 Å². The molecule has 0 radical (unpaired) electrons. The van der Waals surface area contributed by atoms with Crippen LogP contribution in [-0.4, -0.2) is 31.5 Å². The summed E-state index contributed by atoms with van der Waals surface area (Å²) in [6, 6.07) is 11.6. The van der Waals surface area contributed by atoms with E-state index in [0.29, 0.717) is 5.56 Å². The standard InChI is InChI=1S/C17H15IO7S/c18-15-5-2-1-4-14(15)17(20)24-11-3-6-16(19)25-12-7-9-13(10-8-12)26(21,22)23/h1-2,4-5,7-10H,3,6,11H2,(H,21,22,23)/p-1. The molecule has 0 amide bonds. The fourth-order valence-corrected chi connectivity index (χ4v) is 3.02. The molecule has 0 spiro atoms. The minimum atomic E-state index is -4.54. The Morgan fingerprint density at radius 3 is 2.31 bits per heavy atom. The molecule has 0 fully saturated rings. The highest BCUT2D eigenvalue weighted by Crippen LogP contribution is 2.16. The average molecular weight is 489 g/mol. The van der Waals surface area contributed by atoms with Crippen LogP contribution in [0.25, 0.3) is 0 Å². The molecule has 7 nitrogen and oxygen atoms in total. The molecule has 0 saturated heterocycles. The topological polar surface area (TPSA) is 110 Å². The van der Waals surface area contributed by atoms with Crippen molar-refractivity contribution in [1.29, 1.82) is 0 Å². The Hall–Kier alpha value is -1.98. The van der Waals surface area contributed by atoms with Gasteiger partial charge in [0.2, 0.25) is 0 Å². The second kappa shape index (κ2) is 9.10. The molecule has 0 aliphatic heterocycles. The van der Waals surface area contributed by atoms with Crippen molar-refractivity contribution in [3.8, 4) is 5.75 Å². The van der Waals surface area contributed by atoms with Crippen molar-refractivity contribution in [2.24, 2.45) is 0 Å². The number of esters is 2. The summed E-state index contributed by atoms with van der Waals surface area (Å²) in [5.41, 5.74) is 0.462. The molecule has 0 aromatic heterocycles. The lowest BCUT2D eigenvalue weighted by molar-refractivity contribution is -0.134. The highest BCUT2D eigenvalue weighted by Gasteiger charge is 2.11. The van der Waals surface area contributed by atoms with Gasteiger partial charge in [-0.3, -0.25) is 4.79 Å². The normalized spacial score (nSPS) is 11.0. The number of benzene rings is 2. The first-order valence-corrected chi connectivity index (χ1v) is 9.94. The third-order valence-electron chi connectivity index (χ3n) is 3.20. The van der Waals surface area contributed by atoms with Gasteiger partial charge >= 0.3 is 11.9 Å². The van der Waals surface area contributed by atoms with E-state index >= 15 is 0 Å². The third-order valence-corrected chi connectivity index (χ3v) is 4.99.